The van der Waals surface area contributed by atoms with Gasteiger partial charge in [0.05, 0.1) is 4.90 Å². The summed E-state index contributed by atoms with van der Waals surface area (Å²) in [4.78, 5) is 0.385. The van der Waals surface area contributed by atoms with Crippen LogP contribution in [-0.4, -0.2) is 31.4 Å². The molecule has 0 aromatic heterocycles. The molecule has 0 atom stereocenters. The van der Waals surface area contributed by atoms with Gasteiger partial charge < -0.3 is 5.73 Å². The van der Waals surface area contributed by atoms with Crippen LogP contribution < -0.4 is 5.73 Å². The summed E-state index contributed by atoms with van der Waals surface area (Å²) in [5.74, 6) is 0.279. The van der Waals surface area contributed by atoms with Crippen molar-refractivity contribution in [2.24, 2.45) is 11.7 Å². The van der Waals surface area contributed by atoms with Crippen LogP contribution in [0.2, 0.25) is 0 Å². The van der Waals surface area contributed by atoms with Crippen LogP contribution >= 0.6 is 0 Å². The minimum absolute atomic E-state index is 0.279. The second-order valence-electron chi connectivity index (χ2n) is 5.43. The molecule has 0 saturated carbocycles. The zero-order chi connectivity index (χ0) is 13.6. The van der Waals surface area contributed by atoms with Crippen LogP contribution in [0, 0.1) is 12.8 Å². The minimum Gasteiger partial charge on any atom is -0.323 e. The largest absolute Gasteiger partial charge is 0.323 e. The maximum Gasteiger partial charge on any atom is 0.243 e. The average Bonchev–Trinajstić information content (AvgIpc) is 2.24. The first-order valence-corrected chi connectivity index (χ1v) is 7.56. The van der Waals surface area contributed by atoms with E-state index in [1.54, 1.807) is 12.1 Å². The van der Waals surface area contributed by atoms with Crippen molar-refractivity contribution in [3.05, 3.63) is 29.8 Å². The molecule has 1 saturated heterocycles. The molecule has 1 heterocycles. The number of rotatable bonds is 3. The molecular formula is C13H20N2O2S. The number of nitrogens with two attached hydrogens (primary N) is 1. The summed E-state index contributed by atoms with van der Waals surface area (Å²) in [6.45, 7) is 6.67. The van der Waals surface area contributed by atoms with Crippen LogP contribution in [0.1, 0.15) is 19.4 Å². The van der Waals surface area contributed by atoms with E-state index < -0.39 is 10.0 Å². The molecule has 1 aromatic carbocycles. The first kappa shape index (κ1) is 13.5. The van der Waals surface area contributed by atoms with Gasteiger partial charge in [-0.15, -0.1) is 0 Å². The second kappa shape index (κ2) is 4.33. The summed E-state index contributed by atoms with van der Waals surface area (Å²) in [6, 6.07) is 7.05. The summed E-state index contributed by atoms with van der Waals surface area (Å²) >= 11 is 0. The number of aryl methyl sites for hydroxylation is 1. The maximum atomic E-state index is 12.4. The van der Waals surface area contributed by atoms with Gasteiger partial charge in [0, 0.05) is 18.6 Å². The molecule has 0 aliphatic carbocycles. The summed E-state index contributed by atoms with van der Waals surface area (Å²) in [6.07, 6.45) is 0. The number of hydrogen-bond donors (Lipinski definition) is 1. The van der Waals surface area contributed by atoms with E-state index >= 15 is 0 Å². The fourth-order valence-corrected chi connectivity index (χ4v) is 3.95. The monoisotopic (exact) mass is 268 g/mol. The molecule has 2 N–H and O–H groups in total. The van der Waals surface area contributed by atoms with Crippen LogP contribution in [0.4, 0.5) is 0 Å². The van der Waals surface area contributed by atoms with Crippen LogP contribution in [-0.2, 0) is 10.0 Å². The van der Waals surface area contributed by atoms with Crippen molar-refractivity contribution in [2.45, 2.75) is 31.2 Å². The molecule has 0 amide bonds. The summed E-state index contributed by atoms with van der Waals surface area (Å²) in [7, 11) is -3.38. The summed E-state index contributed by atoms with van der Waals surface area (Å²) in [5.41, 5.74) is 6.54. The van der Waals surface area contributed by atoms with Crippen molar-refractivity contribution < 1.29 is 8.42 Å². The number of hydrogen-bond acceptors (Lipinski definition) is 3. The minimum atomic E-state index is -3.38. The second-order valence-corrected chi connectivity index (χ2v) is 7.33. The van der Waals surface area contributed by atoms with Gasteiger partial charge in [0.25, 0.3) is 0 Å². The first-order chi connectivity index (χ1) is 8.27. The molecule has 1 fully saturated rings. The predicted molar refractivity (Wildman–Crippen MR) is 71.7 cm³/mol. The van der Waals surface area contributed by atoms with E-state index in [1.165, 1.54) is 4.31 Å². The highest BCUT2D eigenvalue weighted by Gasteiger charge is 2.47. The van der Waals surface area contributed by atoms with Gasteiger partial charge in [0.15, 0.2) is 0 Å². The van der Waals surface area contributed by atoms with E-state index in [0.29, 0.717) is 18.0 Å². The lowest BCUT2D eigenvalue weighted by molar-refractivity contribution is 0.110. The van der Waals surface area contributed by atoms with E-state index in [1.807, 2.05) is 32.9 Å². The Labute approximate surface area is 109 Å². The molecule has 0 unspecified atom stereocenters. The fraction of sp³-hybridized carbons (Fsp3) is 0.538. The Bertz CT molecular complexity index is 546. The smallest absolute Gasteiger partial charge is 0.243 e. The van der Waals surface area contributed by atoms with E-state index in [0.717, 1.165) is 5.56 Å². The van der Waals surface area contributed by atoms with Gasteiger partial charge in [0.1, 0.15) is 0 Å². The summed E-state index contributed by atoms with van der Waals surface area (Å²) in [5, 5.41) is 0. The highest BCUT2D eigenvalue weighted by atomic mass is 32.2. The Balaban J connectivity index is 2.24. The van der Waals surface area contributed by atoms with E-state index in [4.69, 9.17) is 5.73 Å². The molecule has 5 heteroatoms. The standard InChI is InChI=1S/C13H20N2O2S/c1-10(2)13(14)8-15(9-13)18(16,17)12-7-5-4-6-11(12)3/h4-7,10H,8-9,14H2,1-3H3. The van der Waals surface area contributed by atoms with Gasteiger partial charge in [0.2, 0.25) is 10.0 Å². The molecular weight excluding hydrogens is 248 g/mol. The molecule has 100 valence electrons. The number of benzene rings is 1. The molecule has 2 rings (SSSR count). The van der Waals surface area contributed by atoms with Crippen molar-refractivity contribution in [3.8, 4) is 0 Å². The lowest BCUT2D eigenvalue weighted by atomic mass is 9.82. The van der Waals surface area contributed by atoms with Gasteiger partial charge in [-0.25, -0.2) is 8.42 Å². The molecule has 18 heavy (non-hydrogen) atoms. The third-order valence-electron chi connectivity index (χ3n) is 3.80. The molecule has 0 bridgehead atoms. The van der Waals surface area contributed by atoms with Gasteiger partial charge >= 0.3 is 0 Å². The Hall–Kier alpha value is -0.910. The molecule has 1 aliphatic rings. The van der Waals surface area contributed by atoms with Crippen LogP contribution in [0.5, 0.6) is 0 Å². The first-order valence-electron chi connectivity index (χ1n) is 6.12. The lowest BCUT2D eigenvalue weighted by Gasteiger charge is -2.49. The Morgan fingerprint density at radius 2 is 1.83 bits per heavy atom. The van der Waals surface area contributed by atoms with Crippen LogP contribution in [0.25, 0.3) is 0 Å². The average molecular weight is 268 g/mol. The Kier molecular flexibility index (Phi) is 3.25. The van der Waals surface area contributed by atoms with Gasteiger partial charge in [-0.1, -0.05) is 32.0 Å². The molecule has 0 radical (unpaired) electrons. The van der Waals surface area contributed by atoms with Crippen molar-refractivity contribution in [2.75, 3.05) is 13.1 Å². The van der Waals surface area contributed by atoms with Crippen molar-refractivity contribution in [3.63, 3.8) is 0 Å². The molecule has 1 aliphatic heterocycles. The lowest BCUT2D eigenvalue weighted by Crippen LogP contribution is -2.70. The van der Waals surface area contributed by atoms with Crippen LogP contribution in [0.3, 0.4) is 0 Å². The SMILES string of the molecule is Cc1ccccc1S(=O)(=O)N1CC(N)(C(C)C)C1. The number of sulfonamides is 1. The third-order valence-corrected chi connectivity index (χ3v) is 5.75. The predicted octanol–water partition coefficient (Wildman–Crippen LogP) is 1.35. The topological polar surface area (TPSA) is 63.4 Å². The van der Waals surface area contributed by atoms with Gasteiger partial charge in [-0.2, -0.15) is 4.31 Å². The quantitative estimate of drug-likeness (QED) is 0.900. The third kappa shape index (κ3) is 2.06. The molecule has 0 spiro atoms. The highest BCUT2D eigenvalue weighted by Crippen LogP contribution is 2.32. The molecule has 1 aromatic rings. The van der Waals surface area contributed by atoms with E-state index in [-0.39, 0.29) is 11.5 Å². The van der Waals surface area contributed by atoms with Crippen LogP contribution in [0.15, 0.2) is 29.2 Å². The Morgan fingerprint density at radius 3 is 2.33 bits per heavy atom. The van der Waals surface area contributed by atoms with Crippen molar-refractivity contribution in [1.82, 2.24) is 4.31 Å². The molecule has 4 nitrogen and oxygen atoms in total. The van der Waals surface area contributed by atoms with Crippen molar-refractivity contribution >= 4 is 10.0 Å². The number of nitrogens with zero attached hydrogens (tertiary/aromatic N) is 1. The maximum absolute atomic E-state index is 12.4. The fourth-order valence-electron chi connectivity index (χ4n) is 2.13. The normalized spacial score (nSPS) is 19.8. The zero-order valence-corrected chi connectivity index (χ0v) is 11.9. The van der Waals surface area contributed by atoms with Gasteiger partial charge in [-0.05, 0) is 24.5 Å². The Morgan fingerprint density at radius 1 is 1.28 bits per heavy atom. The summed E-state index contributed by atoms with van der Waals surface area (Å²) < 4.78 is 26.3. The van der Waals surface area contributed by atoms with Gasteiger partial charge in [-0.3, -0.25) is 0 Å². The van der Waals surface area contributed by atoms with E-state index in [9.17, 15) is 8.42 Å². The van der Waals surface area contributed by atoms with E-state index in [2.05, 4.69) is 0 Å². The highest BCUT2D eigenvalue weighted by molar-refractivity contribution is 7.89. The van der Waals surface area contributed by atoms with Crippen molar-refractivity contribution in [1.29, 1.82) is 0 Å². The zero-order valence-electron chi connectivity index (χ0n) is 11.1.